The maximum atomic E-state index is 11.9. The third kappa shape index (κ3) is 4.48. The molecule has 1 aromatic heterocycles. The summed E-state index contributed by atoms with van der Waals surface area (Å²) >= 11 is 6.46. The molecule has 0 radical (unpaired) electrons. The average molecular weight is 590 g/mol. The molecule has 7 rings (SSSR count). The van der Waals surface area contributed by atoms with Gasteiger partial charge in [-0.1, -0.05) is 54.1 Å². The first-order valence-corrected chi connectivity index (χ1v) is 13.9. The molecule has 0 saturated carbocycles. The lowest BCUT2D eigenvalue weighted by atomic mass is 9.93. The van der Waals surface area contributed by atoms with E-state index in [1.54, 1.807) is 31.4 Å². The van der Waals surface area contributed by atoms with Crippen molar-refractivity contribution in [1.29, 1.82) is 0 Å². The van der Waals surface area contributed by atoms with Gasteiger partial charge in [0.2, 0.25) is 0 Å². The van der Waals surface area contributed by atoms with Crippen molar-refractivity contribution in [1.82, 2.24) is 9.78 Å². The molecule has 0 bridgehead atoms. The molecule has 5 aromatic rings. The fourth-order valence-electron chi connectivity index (χ4n) is 5.55. The zero-order valence-electron chi connectivity index (χ0n) is 23.1. The van der Waals surface area contributed by atoms with Crippen molar-refractivity contribution in [2.75, 3.05) is 17.3 Å². The molecule has 0 spiro atoms. The molecule has 43 heavy (non-hydrogen) atoms. The van der Waals surface area contributed by atoms with Gasteiger partial charge in [0.05, 0.1) is 45.9 Å². The summed E-state index contributed by atoms with van der Waals surface area (Å²) < 4.78 is 7.14. The van der Waals surface area contributed by atoms with Crippen LogP contribution in [-0.4, -0.2) is 33.5 Å². The van der Waals surface area contributed by atoms with Gasteiger partial charge in [-0.2, -0.15) is 5.10 Å². The van der Waals surface area contributed by atoms with Gasteiger partial charge in [0.25, 0.3) is 5.69 Å². The van der Waals surface area contributed by atoms with Gasteiger partial charge >= 0.3 is 0 Å². The minimum absolute atomic E-state index is 0.00130. The van der Waals surface area contributed by atoms with Crippen molar-refractivity contribution in [2.45, 2.75) is 13.0 Å². The highest BCUT2D eigenvalue weighted by Gasteiger charge is 2.41. The van der Waals surface area contributed by atoms with Crippen LogP contribution in [0.15, 0.2) is 107 Å². The summed E-state index contributed by atoms with van der Waals surface area (Å²) in [6.07, 6.45) is 0. The minimum Gasteiger partial charge on any atom is -0.495 e. The standard InChI is InChI=1S/C32H24ClN7O3/c1-19-28-29(20-9-8-12-23(17-20)40(41)42)38-26-14-7-6-13-25(26)35-30(34-21-15-16-27(43-2)24(33)18-21)32(38)36-31(28)39(37-19)22-10-4-3-5-11-22/h3-18,29H,1-2H3,(H,34,35). The fourth-order valence-corrected chi connectivity index (χ4v) is 5.81. The maximum Gasteiger partial charge on any atom is 0.269 e. The van der Waals surface area contributed by atoms with E-state index in [4.69, 9.17) is 31.4 Å². The van der Waals surface area contributed by atoms with Gasteiger partial charge in [-0.25, -0.2) is 14.7 Å². The van der Waals surface area contributed by atoms with Crippen LogP contribution in [0, 0.1) is 17.0 Å². The normalized spacial score (nSPS) is 15.0. The molecule has 4 aromatic carbocycles. The third-order valence-electron chi connectivity index (χ3n) is 7.45. The number of nitro groups is 1. The van der Waals surface area contributed by atoms with E-state index in [1.807, 2.05) is 78.3 Å². The second-order valence-corrected chi connectivity index (χ2v) is 10.5. The number of aromatic nitrogens is 2. The first-order valence-electron chi connectivity index (χ1n) is 13.5. The largest absolute Gasteiger partial charge is 0.495 e. The fraction of sp³-hybridized carbons (Fsp3) is 0.0938. The zero-order chi connectivity index (χ0) is 29.7. The number of anilines is 2. The molecule has 3 heterocycles. The summed E-state index contributed by atoms with van der Waals surface area (Å²) in [6, 6.07) is 29.1. The first kappa shape index (κ1) is 26.4. The molecule has 0 fully saturated rings. The first-order chi connectivity index (χ1) is 20.9. The third-order valence-corrected chi connectivity index (χ3v) is 7.75. The Morgan fingerprint density at radius 3 is 2.51 bits per heavy atom. The van der Waals surface area contributed by atoms with E-state index in [2.05, 4.69) is 10.2 Å². The van der Waals surface area contributed by atoms with Crippen LogP contribution < -0.4 is 15.0 Å². The number of para-hydroxylation sites is 3. The quantitative estimate of drug-likeness (QED) is 0.167. The highest BCUT2D eigenvalue weighted by atomic mass is 35.5. The predicted molar refractivity (Wildman–Crippen MR) is 168 cm³/mol. The summed E-state index contributed by atoms with van der Waals surface area (Å²) in [6.45, 7) is 1.94. The van der Waals surface area contributed by atoms with Gasteiger partial charge in [0.15, 0.2) is 17.5 Å². The van der Waals surface area contributed by atoms with Gasteiger partial charge in [-0.3, -0.25) is 10.1 Å². The van der Waals surface area contributed by atoms with E-state index in [1.165, 1.54) is 6.07 Å². The number of non-ortho nitro benzene ring substituents is 1. The second-order valence-electron chi connectivity index (χ2n) is 10.1. The van der Waals surface area contributed by atoms with Crippen LogP contribution in [0.4, 0.5) is 28.6 Å². The molecule has 1 N–H and O–H groups in total. The number of nitro benzene ring substituents is 1. The molecule has 11 heteroatoms. The average Bonchev–Trinajstić information content (AvgIpc) is 3.36. The highest BCUT2D eigenvalue weighted by molar-refractivity contribution is 6.51. The number of aryl methyl sites for hydroxylation is 1. The van der Waals surface area contributed by atoms with Crippen LogP contribution in [0.25, 0.3) is 5.69 Å². The number of rotatable bonds is 5. The number of hydrogen-bond acceptors (Lipinski definition) is 8. The van der Waals surface area contributed by atoms with Crippen molar-refractivity contribution in [2.24, 2.45) is 9.98 Å². The number of halogens is 1. The van der Waals surface area contributed by atoms with Gasteiger partial charge in [-0.15, -0.1) is 0 Å². The Morgan fingerprint density at radius 1 is 0.953 bits per heavy atom. The zero-order valence-corrected chi connectivity index (χ0v) is 23.9. The van der Waals surface area contributed by atoms with E-state index in [9.17, 15) is 10.1 Å². The summed E-state index contributed by atoms with van der Waals surface area (Å²) in [7, 11) is 1.56. The molecule has 0 saturated heterocycles. The number of nitrogens with one attached hydrogen (secondary N) is 1. The Bertz CT molecular complexity index is 1970. The van der Waals surface area contributed by atoms with Crippen LogP contribution in [-0.2, 0) is 0 Å². The molecule has 1 unspecified atom stereocenters. The second kappa shape index (κ2) is 10.4. The summed E-state index contributed by atoms with van der Waals surface area (Å²) in [5.41, 5.74) is 5.39. The number of ether oxygens (including phenoxy) is 1. The van der Waals surface area contributed by atoms with E-state index in [-0.39, 0.29) is 10.6 Å². The van der Waals surface area contributed by atoms with Gasteiger partial charge in [-0.05, 0) is 55.0 Å². The lowest BCUT2D eigenvalue weighted by molar-refractivity contribution is -0.384. The van der Waals surface area contributed by atoms with Crippen LogP contribution >= 0.6 is 11.6 Å². The van der Waals surface area contributed by atoms with E-state index >= 15 is 0 Å². The molecular formula is C32H24ClN7O3. The number of fused-ring (bicyclic) bond motifs is 4. The van der Waals surface area contributed by atoms with E-state index in [0.29, 0.717) is 33.9 Å². The Labute approximate surface area is 251 Å². The summed E-state index contributed by atoms with van der Waals surface area (Å²) in [5, 5.41) is 20.6. The number of hydrogen-bond donors (Lipinski definition) is 1. The van der Waals surface area contributed by atoms with Crippen molar-refractivity contribution in [3.05, 3.63) is 129 Å². The number of methoxy groups -OCH3 is 1. The predicted octanol–water partition coefficient (Wildman–Crippen LogP) is 7.55. The number of benzene rings is 4. The molecule has 0 aliphatic carbocycles. The Kier molecular flexibility index (Phi) is 6.40. The smallest absolute Gasteiger partial charge is 0.269 e. The monoisotopic (exact) mass is 589 g/mol. The molecular weight excluding hydrogens is 566 g/mol. The summed E-state index contributed by atoms with van der Waals surface area (Å²) in [4.78, 5) is 23.7. The number of amidine groups is 2. The molecule has 2 aliphatic rings. The number of aliphatic imine (C=N–C) groups is 2. The Hall–Kier alpha value is -5.48. The van der Waals surface area contributed by atoms with Gasteiger partial charge in [0, 0.05) is 23.4 Å². The lowest BCUT2D eigenvalue weighted by Crippen LogP contribution is -2.46. The molecule has 10 nitrogen and oxygen atoms in total. The van der Waals surface area contributed by atoms with Crippen molar-refractivity contribution in [3.8, 4) is 11.4 Å². The van der Waals surface area contributed by atoms with E-state index < -0.39 is 6.04 Å². The highest BCUT2D eigenvalue weighted by Crippen LogP contribution is 2.48. The Balaban J connectivity index is 1.48. The SMILES string of the molecule is COc1ccc(NC2=Nc3ccccc3N3C2=Nc2c(c(C)nn2-c2ccccc2)C3c2cccc([N+](=O)[O-])c2)cc1Cl. The minimum atomic E-state index is -0.493. The summed E-state index contributed by atoms with van der Waals surface area (Å²) in [5.74, 6) is 2.19. The molecule has 0 amide bonds. The molecule has 2 aliphatic heterocycles. The van der Waals surface area contributed by atoms with Gasteiger partial charge < -0.3 is 15.0 Å². The van der Waals surface area contributed by atoms with Crippen LogP contribution in [0.2, 0.25) is 5.02 Å². The van der Waals surface area contributed by atoms with E-state index in [0.717, 1.165) is 33.9 Å². The maximum absolute atomic E-state index is 11.9. The van der Waals surface area contributed by atoms with Crippen LogP contribution in [0.1, 0.15) is 22.9 Å². The number of nitrogens with zero attached hydrogens (tertiary/aromatic N) is 6. The van der Waals surface area contributed by atoms with Crippen LogP contribution in [0.3, 0.4) is 0 Å². The van der Waals surface area contributed by atoms with Crippen molar-refractivity contribution in [3.63, 3.8) is 0 Å². The Morgan fingerprint density at radius 2 is 1.74 bits per heavy atom. The van der Waals surface area contributed by atoms with Gasteiger partial charge in [0.1, 0.15) is 5.75 Å². The molecule has 1 atom stereocenters. The van der Waals surface area contributed by atoms with Crippen LogP contribution in [0.5, 0.6) is 5.75 Å². The molecule has 212 valence electrons. The van der Waals surface area contributed by atoms with Crippen molar-refractivity contribution >= 4 is 51.8 Å². The van der Waals surface area contributed by atoms with Crippen molar-refractivity contribution < 1.29 is 9.66 Å². The topological polar surface area (TPSA) is 110 Å². The lowest BCUT2D eigenvalue weighted by Gasteiger charge is -2.40.